The Hall–Kier alpha value is -3.32. The van der Waals surface area contributed by atoms with Crippen molar-refractivity contribution >= 4 is 41.4 Å². The fraction of sp³-hybridized carbons (Fsp3) is 0.476. The van der Waals surface area contributed by atoms with E-state index in [2.05, 4.69) is 16.0 Å². The molecule has 0 aliphatic rings. The zero-order valence-electron chi connectivity index (χ0n) is 18.8. The molecule has 0 aliphatic heterocycles. The normalized spacial score (nSPS) is 13.2. The molecule has 0 heterocycles. The van der Waals surface area contributed by atoms with E-state index in [4.69, 9.17) is 16.6 Å². The van der Waals surface area contributed by atoms with Crippen LogP contribution in [-0.2, 0) is 30.4 Å². The van der Waals surface area contributed by atoms with Crippen LogP contribution in [-0.4, -0.2) is 76.5 Å². The monoisotopic (exact) mass is 497 g/mol. The highest BCUT2D eigenvalue weighted by Crippen LogP contribution is 2.11. The second-order valence-electron chi connectivity index (χ2n) is 7.50. The molecule has 3 atom stereocenters. The standard InChI is InChI=1S/C21H31N5O7S/c1-34-9-8-15(26-19(30)14(22)10-12-2-4-13(27)5-3-12)20(31)24-11-18(29)25-16(21(32)33)6-7-17(23)28/h2-5,14-16,27H,6-11,22H2,1H3,(H2,23,28)(H,24,31)(H,25,29)(H,26,30)(H,32,33). The molecule has 0 fully saturated rings. The number of hydrogen-bond acceptors (Lipinski definition) is 8. The van der Waals surface area contributed by atoms with Gasteiger partial charge in [-0.25, -0.2) is 4.79 Å². The number of phenols is 1. The van der Waals surface area contributed by atoms with E-state index in [0.717, 1.165) is 5.56 Å². The first-order valence-corrected chi connectivity index (χ1v) is 11.8. The first kappa shape index (κ1) is 28.7. The zero-order valence-corrected chi connectivity index (χ0v) is 19.6. The van der Waals surface area contributed by atoms with Crippen LogP contribution in [0.5, 0.6) is 5.75 Å². The molecule has 0 saturated heterocycles. The lowest BCUT2D eigenvalue weighted by Gasteiger charge is -2.21. The molecule has 13 heteroatoms. The van der Waals surface area contributed by atoms with Crippen LogP contribution in [0.25, 0.3) is 0 Å². The summed E-state index contributed by atoms with van der Waals surface area (Å²) in [5.41, 5.74) is 11.7. The van der Waals surface area contributed by atoms with Gasteiger partial charge < -0.3 is 37.6 Å². The molecule has 188 valence electrons. The van der Waals surface area contributed by atoms with Crippen molar-refractivity contribution in [3.8, 4) is 5.75 Å². The SMILES string of the molecule is CSCCC(NC(=O)C(N)Cc1ccc(O)cc1)C(=O)NCC(=O)NC(CCC(N)=O)C(=O)O. The second-order valence-corrected chi connectivity index (χ2v) is 8.49. The number of nitrogens with one attached hydrogen (secondary N) is 3. The lowest BCUT2D eigenvalue weighted by Crippen LogP contribution is -2.54. The highest BCUT2D eigenvalue weighted by atomic mass is 32.2. The fourth-order valence-corrected chi connectivity index (χ4v) is 3.31. The van der Waals surface area contributed by atoms with Crippen LogP contribution < -0.4 is 27.4 Å². The van der Waals surface area contributed by atoms with E-state index >= 15 is 0 Å². The van der Waals surface area contributed by atoms with E-state index in [0.29, 0.717) is 5.75 Å². The molecular formula is C21H31N5O7S. The number of primary amides is 1. The summed E-state index contributed by atoms with van der Waals surface area (Å²) in [7, 11) is 0. The number of carboxylic acid groups (broad SMARTS) is 1. The first-order chi connectivity index (χ1) is 16.0. The van der Waals surface area contributed by atoms with Gasteiger partial charge in [-0.15, -0.1) is 0 Å². The molecule has 0 aliphatic carbocycles. The summed E-state index contributed by atoms with van der Waals surface area (Å²) in [6.07, 6.45) is 1.89. The number of thioether (sulfide) groups is 1. The molecule has 1 aromatic rings. The Kier molecular flexibility index (Phi) is 12.5. The maximum Gasteiger partial charge on any atom is 0.326 e. The summed E-state index contributed by atoms with van der Waals surface area (Å²) in [5, 5.41) is 25.6. The van der Waals surface area contributed by atoms with Gasteiger partial charge in [0.15, 0.2) is 0 Å². The van der Waals surface area contributed by atoms with E-state index < -0.39 is 54.3 Å². The van der Waals surface area contributed by atoms with Gasteiger partial charge in [-0.05, 0) is 49.0 Å². The van der Waals surface area contributed by atoms with Gasteiger partial charge in [0, 0.05) is 6.42 Å². The molecular weight excluding hydrogens is 466 g/mol. The van der Waals surface area contributed by atoms with Crippen LogP contribution in [0.15, 0.2) is 24.3 Å². The van der Waals surface area contributed by atoms with Crippen LogP contribution in [0, 0.1) is 0 Å². The van der Waals surface area contributed by atoms with E-state index in [9.17, 15) is 29.1 Å². The average Bonchev–Trinajstić information content (AvgIpc) is 2.78. The van der Waals surface area contributed by atoms with Gasteiger partial charge >= 0.3 is 5.97 Å². The number of carbonyl (C=O) groups is 5. The Balaban J connectivity index is 2.65. The molecule has 0 bridgehead atoms. The maximum atomic E-state index is 12.6. The smallest absolute Gasteiger partial charge is 0.326 e. The number of hydrogen-bond donors (Lipinski definition) is 7. The summed E-state index contributed by atoms with van der Waals surface area (Å²) in [6, 6.07) is 2.98. The lowest BCUT2D eigenvalue weighted by molar-refractivity contribution is -0.142. The number of nitrogens with two attached hydrogens (primary N) is 2. The summed E-state index contributed by atoms with van der Waals surface area (Å²) < 4.78 is 0. The molecule has 0 radical (unpaired) electrons. The quantitative estimate of drug-likeness (QED) is 0.149. The van der Waals surface area contributed by atoms with Gasteiger partial charge in [-0.1, -0.05) is 12.1 Å². The molecule has 0 saturated carbocycles. The predicted molar refractivity (Wildman–Crippen MR) is 126 cm³/mol. The van der Waals surface area contributed by atoms with Crippen molar-refractivity contribution in [3.63, 3.8) is 0 Å². The minimum Gasteiger partial charge on any atom is -0.508 e. The minimum atomic E-state index is -1.34. The summed E-state index contributed by atoms with van der Waals surface area (Å²) in [6.45, 7) is -0.523. The summed E-state index contributed by atoms with van der Waals surface area (Å²) in [4.78, 5) is 59.2. The van der Waals surface area contributed by atoms with E-state index in [1.807, 2.05) is 6.26 Å². The number of phenolic OH excluding ortho intramolecular Hbond substituents is 1. The Bertz CT molecular complexity index is 866. The molecule has 1 rings (SSSR count). The van der Waals surface area contributed by atoms with Crippen molar-refractivity contribution < 1.29 is 34.2 Å². The Labute approximate surface area is 201 Å². The average molecular weight is 498 g/mol. The van der Waals surface area contributed by atoms with Gasteiger partial charge in [-0.3, -0.25) is 19.2 Å². The predicted octanol–water partition coefficient (Wildman–Crippen LogP) is -1.55. The van der Waals surface area contributed by atoms with Crippen molar-refractivity contribution in [1.29, 1.82) is 0 Å². The third-order valence-corrected chi connectivity index (χ3v) is 5.35. The Morgan fingerprint density at radius 3 is 2.21 bits per heavy atom. The van der Waals surface area contributed by atoms with Gasteiger partial charge in [0.25, 0.3) is 0 Å². The molecule has 0 aromatic heterocycles. The molecule has 12 nitrogen and oxygen atoms in total. The van der Waals surface area contributed by atoms with Crippen molar-refractivity contribution in [2.45, 2.75) is 43.8 Å². The topological polar surface area (TPSA) is 214 Å². The number of aliphatic carboxylic acids is 1. The Morgan fingerprint density at radius 1 is 1.00 bits per heavy atom. The van der Waals surface area contributed by atoms with Crippen LogP contribution in [0.2, 0.25) is 0 Å². The summed E-state index contributed by atoms with van der Waals surface area (Å²) >= 11 is 1.46. The zero-order chi connectivity index (χ0) is 25.7. The molecule has 3 unspecified atom stereocenters. The third kappa shape index (κ3) is 11.0. The van der Waals surface area contributed by atoms with Crippen LogP contribution in [0.1, 0.15) is 24.8 Å². The van der Waals surface area contributed by atoms with Crippen molar-refractivity contribution in [1.82, 2.24) is 16.0 Å². The van der Waals surface area contributed by atoms with E-state index in [-0.39, 0.29) is 31.4 Å². The molecule has 1 aromatic carbocycles. The van der Waals surface area contributed by atoms with Crippen LogP contribution >= 0.6 is 11.8 Å². The third-order valence-electron chi connectivity index (χ3n) is 4.71. The van der Waals surface area contributed by atoms with Gasteiger partial charge in [-0.2, -0.15) is 11.8 Å². The number of aromatic hydroxyl groups is 1. The first-order valence-electron chi connectivity index (χ1n) is 10.4. The fourth-order valence-electron chi connectivity index (χ4n) is 2.84. The van der Waals surface area contributed by atoms with Gasteiger partial charge in [0.1, 0.15) is 17.8 Å². The van der Waals surface area contributed by atoms with E-state index in [1.54, 1.807) is 12.1 Å². The largest absolute Gasteiger partial charge is 0.508 e. The van der Waals surface area contributed by atoms with Gasteiger partial charge in [0.2, 0.25) is 23.6 Å². The highest BCUT2D eigenvalue weighted by Gasteiger charge is 2.25. The second kappa shape index (κ2) is 14.8. The minimum absolute atomic E-state index is 0.0853. The molecule has 4 amide bonds. The molecule has 34 heavy (non-hydrogen) atoms. The van der Waals surface area contributed by atoms with E-state index in [1.165, 1.54) is 23.9 Å². The van der Waals surface area contributed by atoms with Crippen LogP contribution in [0.3, 0.4) is 0 Å². The molecule has 9 N–H and O–H groups in total. The van der Waals surface area contributed by atoms with Crippen LogP contribution in [0.4, 0.5) is 0 Å². The highest BCUT2D eigenvalue weighted by molar-refractivity contribution is 7.98. The number of carboxylic acids is 1. The molecule has 0 spiro atoms. The number of benzene rings is 1. The maximum absolute atomic E-state index is 12.6. The number of amides is 4. The summed E-state index contributed by atoms with van der Waals surface area (Å²) in [5.74, 6) is -3.37. The lowest BCUT2D eigenvalue weighted by atomic mass is 10.1. The number of rotatable bonds is 15. The van der Waals surface area contributed by atoms with Gasteiger partial charge in [0.05, 0.1) is 12.6 Å². The number of carbonyl (C=O) groups excluding carboxylic acids is 4. The van der Waals surface area contributed by atoms with Crippen molar-refractivity contribution in [2.75, 3.05) is 18.6 Å². The van der Waals surface area contributed by atoms with Crippen molar-refractivity contribution in [2.24, 2.45) is 11.5 Å². The van der Waals surface area contributed by atoms with Crippen molar-refractivity contribution in [3.05, 3.63) is 29.8 Å². The Morgan fingerprint density at radius 2 is 1.65 bits per heavy atom.